The van der Waals surface area contributed by atoms with Gasteiger partial charge in [-0.3, -0.25) is 9.59 Å². The zero-order valence-corrected chi connectivity index (χ0v) is 12.7. The summed E-state index contributed by atoms with van der Waals surface area (Å²) in [6.45, 7) is 2.50. The van der Waals surface area contributed by atoms with Crippen molar-refractivity contribution in [2.75, 3.05) is 11.9 Å². The van der Waals surface area contributed by atoms with Crippen molar-refractivity contribution in [2.24, 2.45) is 0 Å². The van der Waals surface area contributed by atoms with Crippen LogP contribution in [0.2, 0.25) is 0 Å². The Kier molecular flexibility index (Phi) is 5.51. The van der Waals surface area contributed by atoms with E-state index < -0.39 is 0 Å². The maximum atomic E-state index is 11.7. The van der Waals surface area contributed by atoms with Crippen LogP contribution in [0.25, 0.3) is 0 Å². The highest BCUT2D eigenvalue weighted by atomic mass is 32.1. The Morgan fingerprint density at radius 2 is 1.90 bits per heavy atom. The third-order valence-electron chi connectivity index (χ3n) is 2.95. The molecular weight excluding hydrogens is 284 g/mol. The molecule has 2 rings (SSSR count). The van der Waals surface area contributed by atoms with Crippen LogP contribution >= 0.6 is 11.3 Å². The Morgan fingerprint density at radius 1 is 1.14 bits per heavy atom. The lowest BCUT2D eigenvalue weighted by molar-refractivity contribution is -0.116. The van der Waals surface area contributed by atoms with Gasteiger partial charge in [-0.2, -0.15) is 0 Å². The fourth-order valence-corrected chi connectivity index (χ4v) is 2.45. The summed E-state index contributed by atoms with van der Waals surface area (Å²) in [4.78, 5) is 24.1. The van der Waals surface area contributed by atoms with E-state index in [0.717, 1.165) is 11.3 Å². The van der Waals surface area contributed by atoms with Crippen LogP contribution < -0.4 is 10.6 Å². The Morgan fingerprint density at radius 3 is 2.57 bits per heavy atom. The van der Waals surface area contributed by atoms with Gasteiger partial charge in [0, 0.05) is 18.7 Å². The summed E-state index contributed by atoms with van der Waals surface area (Å²) >= 11 is 1.41. The highest BCUT2D eigenvalue weighted by molar-refractivity contribution is 7.12. The first kappa shape index (κ1) is 15.3. The molecule has 0 radical (unpaired) electrons. The van der Waals surface area contributed by atoms with Gasteiger partial charge >= 0.3 is 0 Å². The van der Waals surface area contributed by atoms with Gasteiger partial charge in [-0.15, -0.1) is 11.3 Å². The standard InChI is InChI=1S/C16H18N2O2S/c1-12-6-8-13(9-7-12)18-15(19)5-2-10-17-16(20)14-4-3-11-21-14/h3-4,6-9,11H,2,5,10H2,1H3,(H,17,20)(H,18,19). The van der Waals surface area contributed by atoms with Crippen molar-refractivity contribution in [3.63, 3.8) is 0 Å². The molecule has 4 nitrogen and oxygen atoms in total. The van der Waals surface area contributed by atoms with Crippen LogP contribution in [0.5, 0.6) is 0 Å². The molecule has 0 aliphatic carbocycles. The third-order valence-corrected chi connectivity index (χ3v) is 3.82. The lowest BCUT2D eigenvalue weighted by Crippen LogP contribution is -2.24. The number of thiophene rings is 1. The second-order valence-electron chi connectivity index (χ2n) is 4.75. The van der Waals surface area contributed by atoms with Gasteiger partial charge in [0.2, 0.25) is 5.91 Å². The number of amides is 2. The Bertz CT molecular complexity index is 591. The predicted molar refractivity (Wildman–Crippen MR) is 85.7 cm³/mol. The average molecular weight is 302 g/mol. The van der Waals surface area contributed by atoms with Crippen molar-refractivity contribution >= 4 is 28.8 Å². The summed E-state index contributed by atoms with van der Waals surface area (Å²) in [6, 6.07) is 11.3. The average Bonchev–Trinajstić information content (AvgIpc) is 3.00. The molecule has 1 aromatic carbocycles. The van der Waals surface area contributed by atoms with Crippen LogP contribution in [0.1, 0.15) is 28.1 Å². The molecule has 0 aliphatic rings. The lowest BCUT2D eigenvalue weighted by atomic mass is 10.2. The Hall–Kier alpha value is -2.14. The molecule has 2 N–H and O–H groups in total. The van der Waals surface area contributed by atoms with E-state index in [1.54, 1.807) is 6.07 Å². The molecule has 110 valence electrons. The molecule has 0 aliphatic heterocycles. The maximum Gasteiger partial charge on any atom is 0.261 e. The Labute approximate surface area is 128 Å². The summed E-state index contributed by atoms with van der Waals surface area (Å²) in [5, 5.41) is 7.50. The lowest BCUT2D eigenvalue weighted by Gasteiger charge is -2.06. The molecule has 0 saturated heterocycles. The fourth-order valence-electron chi connectivity index (χ4n) is 1.81. The summed E-state index contributed by atoms with van der Waals surface area (Å²) in [5.41, 5.74) is 1.96. The molecular formula is C16H18N2O2S. The molecule has 1 aromatic heterocycles. The summed E-state index contributed by atoms with van der Waals surface area (Å²) in [6.07, 6.45) is 1.01. The molecule has 21 heavy (non-hydrogen) atoms. The van der Waals surface area contributed by atoms with E-state index >= 15 is 0 Å². The largest absolute Gasteiger partial charge is 0.351 e. The Balaban J connectivity index is 1.65. The van der Waals surface area contributed by atoms with E-state index in [0.29, 0.717) is 24.3 Å². The minimum absolute atomic E-state index is 0.0378. The fraction of sp³-hybridized carbons (Fsp3) is 0.250. The number of aryl methyl sites for hydroxylation is 1. The van der Waals surface area contributed by atoms with Gasteiger partial charge in [0.05, 0.1) is 4.88 Å². The number of hydrogen-bond acceptors (Lipinski definition) is 3. The second-order valence-corrected chi connectivity index (χ2v) is 5.70. The molecule has 5 heteroatoms. The van der Waals surface area contributed by atoms with Gasteiger partial charge in [-0.25, -0.2) is 0 Å². The quantitative estimate of drug-likeness (QED) is 0.805. The zero-order valence-electron chi connectivity index (χ0n) is 11.9. The van der Waals surface area contributed by atoms with Crippen LogP contribution in [0.4, 0.5) is 5.69 Å². The van der Waals surface area contributed by atoms with E-state index in [-0.39, 0.29) is 11.8 Å². The van der Waals surface area contributed by atoms with Crippen molar-refractivity contribution in [1.29, 1.82) is 0 Å². The number of carbonyl (C=O) groups excluding carboxylic acids is 2. The first-order chi connectivity index (χ1) is 10.1. The van der Waals surface area contributed by atoms with E-state index in [9.17, 15) is 9.59 Å². The molecule has 0 atom stereocenters. The number of nitrogens with one attached hydrogen (secondary N) is 2. The normalized spacial score (nSPS) is 10.1. The number of anilines is 1. The van der Waals surface area contributed by atoms with E-state index in [2.05, 4.69) is 10.6 Å². The maximum absolute atomic E-state index is 11.7. The van der Waals surface area contributed by atoms with Gasteiger partial charge in [-0.1, -0.05) is 23.8 Å². The number of hydrogen-bond donors (Lipinski definition) is 2. The van der Waals surface area contributed by atoms with Crippen molar-refractivity contribution in [2.45, 2.75) is 19.8 Å². The first-order valence-corrected chi connectivity index (χ1v) is 7.71. The smallest absolute Gasteiger partial charge is 0.261 e. The van der Waals surface area contributed by atoms with Crippen LogP contribution in [0, 0.1) is 6.92 Å². The first-order valence-electron chi connectivity index (χ1n) is 6.83. The van der Waals surface area contributed by atoms with Gasteiger partial charge < -0.3 is 10.6 Å². The molecule has 0 fully saturated rings. The number of benzene rings is 1. The van der Waals surface area contributed by atoms with E-state index in [4.69, 9.17) is 0 Å². The molecule has 0 unspecified atom stereocenters. The summed E-state index contributed by atoms with van der Waals surface area (Å²) in [5.74, 6) is -0.117. The molecule has 0 spiro atoms. The molecule has 1 heterocycles. The highest BCUT2D eigenvalue weighted by Gasteiger charge is 2.06. The monoisotopic (exact) mass is 302 g/mol. The molecule has 0 bridgehead atoms. The van der Waals surface area contributed by atoms with Crippen molar-refractivity contribution in [3.05, 3.63) is 52.2 Å². The molecule has 2 amide bonds. The minimum atomic E-state index is -0.0797. The summed E-state index contributed by atoms with van der Waals surface area (Å²) < 4.78 is 0. The highest BCUT2D eigenvalue weighted by Crippen LogP contribution is 2.09. The van der Waals surface area contributed by atoms with Gasteiger partial charge in [0.15, 0.2) is 0 Å². The van der Waals surface area contributed by atoms with Crippen LogP contribution in [0.3, 0.4) is 0 Å². The van der Waals surface area contributed by atoms with Crippen molar-refractivity contribution in [3.8, 4) is 0 Å². The number of carbonyl (C=O) groups is 2. The predicted octanol–water partition coefficient (Wildman–Crippen LogP) is 3.21. The minimum Gasteiger partial charge on any atom is -0.351 e. The second kappa shape index (κ2) is 7.59. The van der Waals surface area contributed by atoms with Crippen LogP contribution in [-0.2, 0) is 4.79 Å². The van der Waals surface area contributed by atoms with E-state index in [1.165, 1.54) is 11.3 Å². The SMILES string of the molecule is Cc1ccc(NC(=O)CCCNC(=O)c2cccs2)cc1. The zero-order chi connectivity index (χ0) is 15.1. The van der Waals surface area contributed by atoms with Gasteiger partial charge in [-0.05, 0) is 36.9 Å². The van der Waals surface area contributed by atoms with Crippen LogP contribution in [-0.4, -0.2) is 18.4 Å². The molecule has 0 saturated carbocycles. The van der Waals surface area contributed by atoms with Crippen molar-refractivity contribution < 1.29 is 9.59 Å². The van der Waals surface area contributed by atoms with Crippen molar-refractivity contribution in [1.82, 2.24) is 5.32 Å². The van der Waals surface area contributed by atoms with Crippen LogP contribution in [0.15, 0.2) is 41.8 Å². The van der Waals surface area contributed by atoms with Gasteiger partial charge in [0.1, 0.15) is 0 Å². The third kappa shape index (κ3) is 5.04. The topological polar surface area (TPSA) is 58.2 Å². The molecule has 2 aromatic rings. The number of rotatable bonds is 6. The van der Waals surface area contributed by atoms with Gasteiger partial charge in [0.25, 0.3) is 5.91 Å². The van der Waals surface area contributed by atoms with E-state index in [1.807, 2.05) is 42.6 Å². The summed E-state index contributed by atoms with van der Waals surface area (Å²) in [7, 11) is 0.